The summed E-state index contributed by atoms with van der Waals surface area (Å²) in [5, 5.41) is 10.2. The molecule has 46 heavy (non-hydrogen) atoms. The van der Waals surface area contributed by atoms with Gasteiger partial charge in [-0.05, 0) is 113 Å². The van der Waals surface area contributed by atoms with E-state index in [0.717, 1.165) is 12.8 Å². The number of fused-ring (bicyclic) bond motifs is 4. The van der Waals surface area contributed by atoms with Crippen molar-refractivity contribution in [2.45, 2.75) is 12.8 Å². The van der Waals surface area contributed by atoms with Crippen molar-refractivity contribution in [3.05, 3.63) is 175 Å². The van der Waals surface area contributed by atoms with Crippen LogP contribution in [0, 0.1) is 0 Å². The summed E-state index contributed by atoms with van der Waals surface area (Å²) in [7, 11) is 0. The maximum Gasteiger partial charge on any atom is -0.00262 e. The third-order valence-electron chi connectivity index (χ3n) is 9.66. The molecule has 0 amide bonds. The molecule has 1 aliphatic rings. The number of hydrogen-bond donors (Lipinski definition) is 0. The molecule has 216 valence electrons. The monoisotopic (exact) mass is 584 g/mol. The SMILES string of the molecule is C1=CC(c2ccc(-c3cccc(-c4c5ccccc5c(-c5ccc6ccccc6c5)c5ccccc45)c3)c3ccccc23)=CCC1. The van der Waals surface area contributed by atoms with Crippen LogP contribution >= 0.6 is 0 Å². The normalized spacial score (nSPS) is 13.1. The molecule has 0 unspecified atom stereocenters. The molecule has 0 saturated carbocycles. The largest absolute Gasteiger partial charge is 0.0836 e. The van der Waals surface area contributed by atoms with E-state index in [2.05, 4.69) is 170 Å². The summed E-state index contributed by atoms with van der Waals surface area (Å²) >= 11 is 0. The van der Waals surface area contributed by atoms with E-state index in [1.165, 1.54) is 87.6 Å². The minimum atomic E-state index is 1.10. The molecule has 0 saturated heterocycles. The summed E-state index contributed by atoms with van der Waals surface area (Å²) in [6.07, 6.45) is 9.18. The van der Waals surface area contributed by atoms with Crippen molar-refractivity contribution in [3.63, 3.8) is 0 Å². The lowest BCUT2D eigenvalue weighted by atomic mass is 9.84. The molecule has 1 aliphatic carbocycles. The maximum atomic E-state index is 2.39. The first-order valence-corrected chi connectivity index (χ1v) is 16.3. The summed E-state index contributed by atoms with van der Waals surface area (Å²) in [4.78, 5) is 0. The van der Waals surface area contributed by atoms with Gasteiger partial charge in [-0.2, -0.15) is 0 Å². The predicted octanol–water partition coefficient (Wildman–Crippen LogP) is 13.0. The molecule has 0 spiro atoms. The van der Waals surface area contributed by atoms with Crippen LogP contribution in [-0.4, -0.2) is 0 Å². The molecule has 0 heterocycles. The van der Waals surface area contributed by atoms with Gasteiger partial charge in [0, 0.05) is 0 Å². The van der Waals surface area contributed by atoms with Crippen LogP contribution in [0.4, 0.5) is 0 Å². The molecular weight excluding hydrogens is 553 g/mol. The van der Waals surface area contributed by atoms with Crippen molar-refractivity contribution >= 4 is 48.7 Å². The molecule has 0 aliphatic heterocycles. The zero-order valence-electron chi connectivity index (χ0n) is 25.6. The van der Waals surface area contributed by atoms with Gasteiger partial charge in [-0.3, -0.25) is 0 Å². The Morgan fingerprint density at radius 3 is 1.54 bits per heavy atom. The van der Waals surface area contributed by atoms with Crippen molar-refractivity contribution in [1.82, 2.24) is 0 Å². The Labute approximate surface area is 269 Å². The molecule has 0 aromatic heterocycles. The minimum Gasteiger partial charge on any atom is -0.0836 e. The van der Waals surface area contributed by atoms with E-state index in [1.54, 1.807) is 0 Å². The molecule has 0 bridgehead atoms. The van der Waals surface area contributed by atoms with Crippen LogP contribution in [0.1, 0.15) is 18.4 Å². The Morgan fingerprint density at radius 1 is 0.348 bits per heavy atom. The quantitative estimate of drug-likeness (QED) is 0.181. The van der Waals surface area contributed by atoms with Gasteiger partial charge in [0.15, 0.2) is 0 Å². The van der Waals surface area contributed by atoms with Gasteiger partial charge >= 0.3 is 0 Å². The average molecular weight is 585 g/mol. The first-order valence-electron chi connectivity index (χ1n) is 16.3. The molecule has 9 rings (SSSR count). The summed E-state index contributed by atoms with van der Waals surface area (Å²) in [6, 6.07) is 56.0. The molecule has 8 aromatic rings. The topological polar surface area (TPSA) is 0 Å². The lowest BCUT2D eigenvalue weighted by Crippen LogP contribution is -1.92. The van der Waals surface area contributed by atoms with Gasteiger partial charge in [0.05, 0.1) is 0 Å². The zero-order valence-corrected chi connectivity index (χ0v) is 25.6. The second-order valence-electron chi connectivity index (χ2n) is 12.3. The fraction of sp³-hybridized carbons (Fsp3) is 0.0435. The van der Waals surface area contributed by atoms with E-state index in [9.17, 15) is 0 Å². The fourth-order valence-electron chi connectivity index (χ4n) is 7.55. The maximum absolute atomic E-state index is 2.39. The number of hydrogen-bond acceptors (Lipinski definition) is 0. The molecule has 0 fully saturated rings. The van der Waals surface area contributed by atoms with Gasteiger partial charge in [0.25, 0.3) is 0 Å². The van der Waals surface area contributed by atoms with Gasteiger partial charge in [-0.15, -0.1) is 0 Å². The Balaban J connectivity index is 1.27. The summed E-state index contributed by atoms with van der Waals surface area (Å²) < 4.78 is 0. The zero-order chi connectivity index (χ0) is 30.5. The van der Waals surface area contributed by atoms with Crippen molar-refractivity contribution in [1.29, 1.82) is 0 Å². The smallest absolute Gasteiger partial charge is 0.00262 e. The number of allylic oxidation sites excluding steroid dienone is 4. The van der Waals surface area contributed by atoms with E-state index >= 15 is 0 Å². The van der Waals surface area contributed by atoms with Crippen molar-refractivity contribution in [3.8, 4) is 33.4 Å². The number of benzene rings is 8. The molecule has 0 heteroatoms. The minimum absolute atomic E-state index is 1.10. The second kappa shape index (κ2) is 11.0. The molecule has 0 N–H and O–H groups in total. The molecule has 0 radical (unpaired) electrons. The highest BCUT2D eigenvalue weighted by Gasteiger charge is 2.18. The van der Waals surface area contributed by atoms with Gasteiger partial charge < -0.3 is 0 Å². The summed E-state index contributed by atoms with van der Waals surface area (Å²) in [6.45, 7) is 0. The van der Waals surface area contributed by atoms with Crippen LogP contribution in [0.3, 0.4) is 0 Å². The van der Waals surface area contributed by atoms with E-state index in [4.69, 9.17) is 0 Å². The number of rotatable bonds is 4. The molecule has 0 atom stereocenters. The van der Waals surface area contributed by atoms with E-state index < -0.39 is 0 Å². The Kier molecular flexibility index (Phi) is 6.39. The van der Waals surface area contributed by atoms with Crippen LogP contribution in [0.5, 0.6) is 0 Å². The van der Waals surface area contributed by atoms with Crippen molar-refractivity contribution in [2.24, 2.45) is 0 Å². The predicted molar refractivity (Wildman–Crippen MR) is 199 cm³/mol. The third-order valence-corrected chi connectivity index (χ3v) is 9.66. The van der Waals surface area contributed by atoms with Crippen molar-refractivity contribution < 1.29 is 0 Å². The lowest BCUT2D eigenvalue weighted by Gasteiger charge is -2.19. The van der Waals surface area contributed by atoms with Crippen LogP contribution < -0.4 is 0 Å². The fourth-order valence-corrected chi connectivity index (χ4v) is 7.55. The van der Waals surface area contributed by atoms with Crippen LogP contribution in [0.25, 0.3) is 82.0 Å². The highest BCUT2D eigenvalue weighted by Crippen LogP contribution is 2.45. The van der Waals surface area contributed by atoms with Crippen LogP contribution in [-0.2, 0) is 0 Å². The Morgan fingerprint density at radius 2 is 0.891 bits per heavy atom. The van der Waals surface area contributed by atoms with E-state index in [1.807, 2.05) is 0 Å². The van der Waals surface area contributed by atoms with Gasteiger partial charge in [0.1, 0.15) is 0 Å². The second-order valence-corrected chi connectivity index (χ2v) is 12.3. The third kappa shape index (κ3) is 4.37. The standard InChI is InChI=1S/C46H32/c1-2-14-32(15-3-1)37-27-28-38(40-20-7-6-19-39(37)40)34-17-12-18-35(30-34)45-41-21-8-10-23-43(41)46(44-24-11-9-22-42(44)45)36-26-25-31-13-4-5-16-33(31)29-36/h2,4-30H,1,3H2. The molecular formula is C46H32. The van der Waals surface area contributed by atoms with Gasteiger partial charge in [-0.1, -0.05) is 158 Å². The van der Waals surface area contributed by atoms with Crippen molar-refractivity contribution in [2.75, 3.05) is 0 Å². The Hall–Kier alpha value is -5.72. The van der Waals surface area contributed by atoms with Gasteiger partial charge in [-0.25, -0.2) is 0 Å². The van der Waals surface area contributed by atoms with E-state index in [-0.39, 0.29) is 0 Å². The first-order chi connectivity index (χ1) is 22.8. The first kappa shape index (κ1) is 26.7. The highest BCUT2D eigenvalue weighted by atomic mass is 14.2. The highest BCUT2D eigenvalue weighted by molar-refractivity contribution is 6.22. The summed E-state index contributed by atoms with van der Waals surface area (Å²) in [5.41, 5.74) is 10.2. The average Bonchev–Trinajstić information content (AvgIpc) is 3.13. The Bertz CT molecular complexity index is 2470. The van der Waals surface area contributed by atoms with Crippen LogP contribution in [0.2, 0.25) is 0 Å². The van der Waals surface area contributed by atoms with Crippen LogP contribution in [0.15, 0.2) is 170 Å². The van der Waals surface area contributed by atoms with Gasteiger partial charge in [0.2, 0.25) is 0 Å². The molecule has 8 aromatic carbocycles. The summed E-state index contributed by atoms with van der Waals surface area (Å²) in [5.74, 6) is 0. The van der Waals surface area contributed by atoms with E-state index in [0.29, 0.717) is 0 Å². The molecule has 0 nitrogen and oxygen atoms in total. The lowest BCUT2D eigenvalue weighted by molar-refractivity contribution is 1.04.